The lowest BCUT2D eigenvalue weighted by Gasteiger charge is -2.05. The SMILES string of the molecule is C/C(=C\CC(C)c1nnn(C)n1)c1ccc(O)c(=O)[nH]1. The molecule has 20 heavy (non-hydrogen) atoms. The molecule has 0 fully saturated rings. The molecule has 2 aromatic rings. The Morgan fingerprint density at radius 2 is 2.30 bits per heavy atom. The van der Waals surface area contributed by atoms with E-state index in [-0.39, 0.29) is 11.7 Å². The molecule has 0 spiro atoms. The second-order valence-electron chi connectivity index (χ2n) is 4.75. The first-order chi connectivity index (χ1) is 9.47. The van der Waals surface area contributed by atoms with E-state index in [2.05, 4.69) is 20.4 Å². The minimum atomic E-state index is -0.487. The number of aromatic amines is 1. The number of nitrogens with one attached hydrogen (secondary N) is 1. The van der Waals surface area contributed by atoms with E-state index in [1.807, 2.05) is 19.9 Å². The predicted octanol–water partition coefficient (Wildman–Crippen LogP) is 1.20. The summed E-state index contributed by atoms with van der Waals surface area (Å²) in [6.45, 7) is 3.92. The fourth-order valence-corrected chi connectivity index (χ4v) is 1.76. The number of tetrazole rings is 1. The molecule has 7 nitrogen and oxygen atoms in total. The van der Waals surface area contributed by atoms with Crippen molar-refractivity contribution < 1.29 is 5.11 Å². The first-order valence-corrected chi connectivity index (χ1v) is 6.30. The third kappa shape index (κ3) is 3.11. The van der Waals surface area contributed by atoms with Crippen LogP contribution in [0.1, 0.15) is 37.7 Å². The van der Waals surface area contributed by atoms with Gasteiger partial charge in [-0.05, 0) is 36.3 Å². The third-order valence-corrected chi connectivity index (χ3v) is 3.06. The summed E-state index contributed by atoms with van der Waals surface area (Å²) >= 11 is 0. The molecule has 2 N–H and O–H groups in total. The van der Waals surface area contributed by atoms with Crippen molar-refractivity contribution in [3.05, 3.63) is 40.1 Å². The van der Waals surface area contributed by atoms with E-state index in [1.165, 1.54) is 10.9 Å². The molecule has 0 aliphatic rings. The van der Waals surface area contributed by atoms with E-state index in [0.29, 0.717) is 11.5 Å². The van der Waals surface area contributed by atoms with E-state index in [0.717, 1.165) is 12.0 Å². The van der Waals surface area contributed by atoms with Crippen LogP contribution in [0.5, 0.6) is 5.75 Å². The van der Waals surface area contributed by atoms with E-state index in [4.69, 9.17) is 0 Å². The Labute approximate surface area is 116 Å². The average molecular weight is 275 g/mol. The molecule has 0 aromatic carbocycles. The smallest absolute Gasteiger partial charge is 0.290 e. The largest absolute Gasteiger partial charge is 0.503 e. The van der Waals surface area contributed by atoms with Crippen LogP contribution in [-0.4, -0.2) is 30.3 Å². The summed E-state index contributed by atoms with van der Waals surface area (Å²) in [6, 6.07) is 3.06. The minimum absolute atomic E-state index is 0.141. The van der Waals surface area contributed by atoms with Gasteiger partial charge in [0.05, 0.1) is 7.05 Å². The van der Waals surface area contributed by atoms with Crippen LogP contribution >= 0.6 is 0 Å². The second kappa shape index (κ2) is 5.68. The van der Waals surface area contributed by atoms with Gasteiger partial charge in [0.15, 0.2) is 11.6 Å². The summed E-state index contributed by atoms with van der Waals surface area (Å²) in [6.07, 6.45) is 2.74. The van der Waals surface area contributed by atoms with Crippen LogP contribution in [0.4, 0.5) is 0 Å². The second-order valence-corrected chi connectivity index (χ2v) is 4.75. The molecule has 1 atom stereocenters. The van der Waals surface area contributed by atoms with Gasteiger partial charge in [0.1, 0.15) is 0 Å². The Balaban J connectivity index is 2.10. The summed E-state index contributed by atoms with van der Waals surface area (Å²) in [5, 5.41) is 21.1. The normalized spacial score (nSPS) is 13.4. The lowest BCUT2D eigenvalue weighted by molar-refractivity contribution is 0.466. The molecule has 106 valence electrons. The van der Waals surface area contributed by atoms with Crippen LogP contribution < -0.4 is 5.56 Å². The quantitative estimate of drug-likeness (QED) is 0.874. The molecule has 0 aliphatic heterocycles. The van der Waals surface area contributed by atoms with Crippen LogP contribution in [0.2, 0.25) is 0 Å². The first kappa shape index (κ1) is 14.0. The molecule has 0 aliphatic carbocycles. The van der Waals surface area contributed by atoms with Gasteiger partial charge in [0.2, 0.25) is 0 Å². The average Bonchev–Trinajstić information content (AvgIpc) is 2.85. The van der Waals surface area contributed by atoms with Crippen molar-refractivity contribution in [3.8, 4) is 5.75 Å². The topological polar surface area (TPSA) is 96.7 Å². The molecule has 0 bridgehead atoms. The lowest BCUT2D eigenvalue weighted by atomic mass is 10.0. The molecule has 0 saturated heterocycles. The van der Waals surface area contributed by atoms with Crippen LogP contribution in [0.15, 0.2) is 23.0 Å². The number of pyridine rings is 1. The van der Waals surface area contributed by atoms with Crippen LogP contribution in [-0.2, 0) is 7.05 Å². The number of rotatable bonds is 4. The highest BCUT2D eigenvalue weighted by Gasteiger charge is 2.10. The van der Waals surface area contributed by atoms with Gasteiger partial charge in [-0.2, -0.15) is 4.80 Å². The number of nitrogens with zero attached hydrogens (tertiary/aromatic N) is 4. The van der Waals surface area contributed by atoms with Crippen LogP contribution in [0, 0.1) is 0 Å². The molecule has 2 rings (SSSR count). The zero-order chi connectivity index (χ0) is 14.7. The highest BCUT2D eigenvalue weighted by molar-refractivity contribution is 5.60. The lowest BCUT2D eigenvalue weighted by Crippen LogP contribution is -2.06. The molecular formula is C13H17N5O2. The fourth-order valence-electron chi connectivity index (χ4n) is 1.76. The van der Waals surface area contributed by atoms with Crippen LogP contribution in [0.3, 0.4) is 0 Å². The van der Waals surface area contributed by atoms with Crippen molar-refractivity contribution in [1.82, 2.24) is 25.2 Å². The van der Waals surface area contributed by atoms with Crippen molar-refractivity contribution in [2.24, 2.45) is 7.05 Å². The van der Waals surface area contributed by atoms with Crippen molar-refractivity contribution in [2.75, 3.05) is 0 Å². The minimum Gasteiger partial charge on any atom is -0.503 e. The van der Waals surface area contributed by atoms with Gasteiger partial charge in [-0.25, -0.2) is 0 Å². The number of aromatic hydroxyl groups is 1. The van der Waals surface area contributed by atoms with Crippen LogP contribution in [0.25, 0.3) is 5.57 Å². The van der Waals surface area contributed by atoms with Crippen molar-refractivity contribution >= 4 is 5.57 Å². The van der Waals surface area contributed by atoms with E-state index >= 15 is 0 Å². The Bertz CT molecular complexity index is 686. The number of aromatic nitrogens is 5. The van der Waals surface area contributed by atoms with E-state index < -0.39 is 5.56 Å². The van der Waals surface area contributed by atoms with E-state index in [9.17, 15) is 9.90 Å². The Kier molecular flexibility index (Phi) is 3.97. The number of aryl methyl sites for hydroxylation is 1. The molecule has 7 heteroatoms. The maximum Gasteiger partial charge on any atom is 0.290 e. The Hall–Kier alpha value is -2.44. The Morgan fingerprint density at radius 3 is 2.90 bits per heavy atom. The fraction of sp³-hybridized carbons (Fsp3) is 0.385. The number of allylic oxidation sites excluding steroid dienone is 2. The number of hydrogen-bond acceptors (Lipinski definition) is 5. The number of H-pyrrole nitrogens is 1. The highest BCUT2D eigenvalue weighted by atomic mass is 16.3. The van der Waals surface area contributed by atoms with E-state index in [1.54, 1.807) is 13.1 Å². The Morgan fingerprint density at radius 1 is 1.55 bits per heavy atom. The molecule has 0 radical (unpaired) electrons. The zero-order valence-corrected chi connectivity index (χ0v) is 11.7. The van der Waals surface area contributed by atoms with Gasteiger partial charge >= 0.3 is 0 Å². The summed E-state index contributed by atoms with van der Waals surface area (Å²) in [7, 11) is 1.73. The summed E-state index contributed by atoms with van der Waals surface area (Å²) in [5.74, 6) is 0.553. The predicted molar refractivity (Wildman–Crippen MR) is 74.2 cm³/mol. The van der Waals surface area contributed by atoms with Crippen molar-refractivity contribution in [1.29, 1.82) is 0 Å². The zero-order valence-electron chi connectivity index (χ0n) is 11.7. The highest BCUT2D eigenvalue weighted by Crippen LogP contribution is 2.18. The maximum atomic E-state index is 11.3. The molecule has 2 heterocycles. The van der Waals surface area contributed by atoms with Gasteiger partial charge < -0.3 is 10.1 Å². The summed E-state index contributed by atoms with van der Waals surface area (Å²) in [5.41, 5.74) is 1.13. The third-order valence-electron chi connectivity index (χ3n) is 3.06. The molecule has 0 amide bonds. The maximum absolute atomic E-state index is 11.3. The number of hydrogen-bond donors (Lipinski definition) is 2. The van der Waals surface area contributed by atoms with Gasteiger partial charge in [-0.3, -0.25) is 4.79 Å². The molecule has 1 unspecified atom stereocenters. The van der Waals surface area contributed by atoms with Crippen molar-refractivity contribution in [2.45, 2.75) is 26.2 Å². The standard InChI is InChI=1S/C13H17N5O2/c1-8(10-6-7-11(19)13(20)14-10)4-5-9(2)12-15-17-18(3)16-12/h4,6-7,9,19H,5H2,1-3H3,(H,14,20)/b8-4+. The molecular weight excluding hydrogens is 258 g/mol. The molecule has 2 aromatic heterocycles. The summed E-state index contributed by atoms with van der Waals surface area (Å²) < 4.78 is 0. The summed E-state index contributed by atoms with van der Waals surface area (Å²) in [4.78, 5) is 15.4. The van der Waals surface area contributed by atoms with Crippen molar-refractivity contribution in [3.63, 3.8) is 0 Å². The molecule has 0 saturated carbocycles. The van der Waals surface area contributed by atoms with Gasteiger partial charge in [0.25, 0.3) is 5.56 Å². The van der Waals surface area contributed by atoms with Gasteiger partial charge in [0, 0.05) is 11.6 Å². The monoisotopic (exact) mass is 275 g/mol. The van der Waals surface area contributed by atoms with Gasteiger partial charge in [-0.1, -0.05) is 13.0 Å². The van der Waals surface area contributed by atoms with Gasteiger partial charge in [-0.15, -0.1) is 10.2 Å². The first-order valence-electron chi connectivity index (χ1n) is 6.30.